The second-order valence-corrected chi connectivity index (χ2v) is 11.2. The Balaban J connectivity index is 1.58. The number of aromatic hydroxyl groups is 1. The van der Waals surface area contributed by atoms with Crippen molar-refractivity contribution in [3.63, 3.8) is 0 Å². The van der Waals surface area contributed by atoms with Crippen LogP contribution in [-0.2, 0) is 11.2 Å². The van der Waals surface area contributed by atoms with Gasteiger partial charge in [-0.3, -0.25) is 4.79 Å². The number of phenolic OH excluding ortho intramolecular Hbond substituents is 1. The van der Waals surface area contributed by atoms with Crippen molar-refractivity contribution in [2.75, 3.05) is 0 Å². The Morgan fingerprint density at radius 2 is 1.63 bits per heavy atom. The number of rotatable bonds is 6. The molecule has 5 heteroatoms. The van der Waals surface area contributed by atoms with E-state index in [-0.39, 0.29) is 28.9 Å². The number of benzene rings is 1. The fourth-order valence-electron chi connectivity index (χ4n) is 6.23. The van der Waals surface area contributed by atoms with E-state index in [9.17, 15) is 15.1 Å². The molecule has 5 nitrogen and oxygen atoms in total. The maximum Gasteiger partial charge on any atom is 0.223 e. The highest BCUT2D eigenvalue weighted by molar-refractivity contribution is 5.79. The lowest BCUT2D eigenvalue weighted by Gasteiger charge is -2.51. The van der Waals surface area contributed by atoms with Gasteiger partial charge < -0.3 is 15.6 Å². The summed E-state index contributed by atoms with van der Waals surface area (Å²) in [6.45, 7) is 14.7. The Labute approximate surface area is 181 Å². The average molecular weight is 417 g/mol. The summed E-state index contributed by atoms with van der Waals surface area (Å²) >= 11 is 0. The molecule has 1 aromatic rings. The number of hydroxylamine groups is 2. The van der Waals surface area contributed by atoms with Gasteiger partial charge in [0.25, 0.3) is 0 Å². The smallest absolute Gasteiger partial charge is 0.223 e. The SMILES string of the molecule is CC(Cc1ccc(O)cc1)C1C(C)C1C(C)C(=O)NC1CC(C)(C)N(O)C(C)(C)C1. The molecule has 2 aliphatic rings. The van der Waals surface area contributed by atoms with Gasteiger partial charge in [-0.05, 0) is 88.3 Å². The highest BCUT2D eigenvalue weighted by atomic mass is 16.5. The minimum Gasteiger partial charge on any atom is -0.508 e. The largest absolute Gasteiger partial charge is 0.508 e. The Morgan fingerprint density at radius 3 is 2.17 bits per heavy atom. The lowest BCUT2D eigenvalue weighted by molar-refractivity contribution is -0.246. The normalized spacial score (nSPS) is 30.5. The molecule has 0 radical (unpaired) electrons. The van der Waals surface area contributed by atoms with E-state index in [0.29, 0.717) is 29.4 Å². The average Bonchev–Trinajstić information content (AvgIpc) is 3.31. The quantitative estimate of drug-likeness (QED) is 0.633. The summed E-state index contributed by atoms with van der Waals surface area (Å²) in [7, 11) is 0. The van der Waals surface area contributed by atoms with Crippen LogP contribution in [-0.4, -0.2) is 38.4 Å². The topological polar surface area (TPSA) is 72.8 Å². The van der Waals surface area contributed by atoms with Crippen molar-refractivity contribution in [1.29, 1.82) is 0 Å². The van der Waals surface area contributed by atoms with Crippen molar-refractivity contribution in [3.05, 3.63) is 29.8 Å². The number of carbonyl (C=O) groups excluding carboxylic acids is 1. The summed E-state index contributed by atoms with van der Waals surface area (Å²) in [4.78, 5) is 13.1. The van der Waals surface area contributed by atoms with Gasteiger partial charge in [-0.25, -0.2) is 0 Å². The summed E-state index contributed by atoms with van der Waals surface area (Å²) in [5, 5.41) is 24.7. The van der Waals surface area contributed by atoms with Gasteiger partial charge in [0.1, 0.15) is 5.75 Å². The third kappa shape index (κ3) is 4.67. The van der Waals surface area contributed by atoms with E-state index < -0.39 is 0 Å². The van der Waals surface area contributed by atoms with Gasteiger partial charge in [-0.2, -0.15) is 5.06 Å². The molecule has 5 unspecified atom stereocenters. The van der Waals surface area contributed by atoms with E-state index in [1.807, 2.05) is 39.8 Å². The molecule has 0 bridgehead atoms. The number of piperidine rings is 1. The van der Waals surface area contributed by atoms with Crippen LogP contribution in [0.15, 0.2) is 24.3 Å². The molecule has 1 saturated carbocycles. The van der Waals surface area contributed by atoms with Crippen LogP contribution in [0.2, 0.25) is 0 Å². The van der Waals surface area contributed by atoms with E-state index in [4.69, 9.17) is 0 Å². The van der Waals surface area contributed by atoms with E-state index in [0.717, 1.165) is 19.3 Å². The van der Waals surface area contributed by atoms with Crippen LogP contribution in [0.25, 0.3) is 0 Å². The lowest BCUT2D eigenvalue weighted by Crippen LogP contribution is -2.63. The number of carbonyl (C=O) groups is 1. The Kier molecular flexibility index (Phi) is 6.28. The van der Waals surface area contributed by atoms with Gasteiger partial charge in [0.15, 0.2) is 0 Å². The molecule has 1 aromatic carbocycles. The van der Waals surface area contributed by atoms with Crippen LogP contribution >= 0.6 is 0 Å². The second-order valence-electron chi connectivity index (χ2n) is 11.2. The Bertz CT molecular complexity index is 740. The molecule has 1 aliphatic carbocycles. The monoisotopic (exact) mass is 416 g/mol. The van der Waals surface area contributed by atoms with Gasteiger partial charge in [-0.1, -0.05) is 32.9 Å². The van der Waals surface area contributed by atoms with Crippen LogP contribution in [0.3, 0.4) is 0 Å². The molecular weight excluding hydrogens is 376 g/mol. The predicted molar refractivity (Wildman–Crippen MR) is 119 cm³/mol. The van der Waals surface area contributed by atoms with Crippen molar-refractivity contribution in [3.8, 4) is 5.75 Å². The van der Waals surface area contributed by atoms with Crippen molar-refractivity contribution >= 4 is 5.91 Å². The Morgan fingerprint density at radius 1 is 1.10 bits per heavy atom. The molecular formula is C25H40N2O3. The number of hydrogen-bond acceptors (Lipinski definition) is 4. The van der Waals surface area contributed by atoms with Crippen molar-refractivity contribution in [2.45, 2.75) is 84.8 Å². The van der Waals surface area contributed by atoms with Gasteiger partial charge in [-0.15, -0.1) is 0 Å². The molecule has 0 spiro atoms. The zero-order valence-electron chi connectivity index (χ0n) is 19.6. The first kappa shape index (κ1) is 23.1. The number of nitrogens with zero attached hydrogens (tertiary/aromatic N) is 1. The van der Waals surface area contributed by atoms with Crippen molar-refractivity contribution < 1.29 is 15.1 Å². The maximum absolute atomic E-state index is 13.1. The first-order chi connectivity index (χ1) is 13.8. The van der Waals surface area contributed by atoms with Crippen molar-refractivity contribution in [2.24, 2.45) is 29.6 Å². The van der Waals surface area contributed by atoms with E-state index in [2.05, 4.69) is 26.1 Å². The number of amides is 1. The zero-order valence-corrected chi connectivity index (χ0v) is 19.6. The van der Waals surface area contributed by atoms with E-state index in [1.54, 1.807) is 12.1 Å². The molecule has 168 valence electrons. The first-order valence-corrected chi connectivity index (χ1v) is 11.4. The minimum absolute atomic E-state index is 0.00866. The molecule has 5 atom stereocenters. The summed E-state index contributed by atoms with van der Waals surface area (Å²) in [6.07, 6.45) is 2.45. The second kappa shape index (κ2) is 8.16. The van der Waals surface area contributed by atoms with Crippen LogP contribution in [0.5, 0.6) is 5.75 Å². The molecule has 1 amide bonds. The fraction of sp³-hybridized carbons (Fsp3) is 0.720. The highest BCUT2D eigenvalue weighted by Crippen LogP contribution is 2.55. The standard InChI is InChI=1S/C25H40N2O3/c1-15(12-18-8-10-20(28)11-9-18)21-16(2)22(21)17(3)23(29)26-19-13-24(4,5)27(30)25(6,7)14-19/h8-11,15-17,19,21-22,28,30H,12-14H2,1-7H3,(H,26,29). The number of phenols is 1. The van der Waals surface area contributed by atoms with Gasteiger partial charge in [0.05, 0.1) is 0 Å². The summed E-state index contributed by atoms with van der Waals surface area (Å²) in [5.41, 5.74) is 0.504. The van der Waals surface area contributed by atoms with E-state index >= 15 is 0 Å². The maximum atomic E-state index is 13.1. The molecule has 3 N–H and O–H groups in total. The molecule has 2 fully saturated rings. The minimum atomic E-state index is -0.364. The third-order valence-corrected chi connectivity index (χ3v) is 7.64. The lowest BCUT2D eigenvalue weighted by atomic mass is 9.78. The van der Waals surface area contributed by atoms with Crippen LogP contribution in [0.4, 0.5) is 0 Å². The van der Waals surface area contributed by atoms with Gasteiger partial charge in [0, 0.05) is 23.0 Å². The summed E-state index contributed by atoms with van der Waals surface area (Å²) in [6, 6.07) is 7.54. The van der Waals surface area contributed by atoms with Crippen molar-refractivity contribution in [1.82, 2.24) is 10.4 Å². The summed E-state index contributed by atoms with van der Waals surface area (Å²) < 4.78 is 0. The van der Waals surface area contributed by atoms with Crippen LogP contribution in [0, 0.1) is 29.6 Å². The highest BCUT2D eigenvalue weighted by Gasteiger charge is 2.54. The van der Waals surface area contributed by atoms with E-state index in [1.165, 1.54) is 10.6 Å². The zero-order chi connectivity index (χ0) is 22.4. The molecule has 3 rings (SSSR count). The fourth-order valence-corrected chi connectivity index (χ4v) is 6.23. The van der Waals surface area contributed by atoms with Gasteiger partial charge >= 0.3 is 0 Å². The summed E-state index contributed by atoms with van der Waals surface area (Å²) in [5.74, 6) is 2.45. The number of nitrogens with one attached hydrogen (secondary N) is 1. The predicted octanol–water partition coefficient (Wildman–Crippen LogP) is 4.62. The molecule has 1 saturated heterocycles. The first-order valence-electron chi connectivity index (χ1n) is 11.4. The third-order valence-electron chi connectivity index (χ3n) is 7.64. The number of hydrogen-bond donors (Lipinski definition) is 3. The van der Waals surface area contributed by atoms with Crippen LogP contribution in [0.1, 0.15) is 66.9 Å². The molecule has 0 aromatic heterocycles. The van der Waals surface area contributed by atoms with Gasteiger partial charge in [0.2, 0.25) is 5.91 Å². The Hall–Kier alpha value is -1.59. The molecule has 30 heavy (non-hydrogen) atoms. The molecule has 1 aliphatic heterocycles. The molecule has 1 heterocycles. The van der Waals surface area contributed by atoms with Crippen LogP contribution < -0.4 is 5.32 Å².